The number of hydrogen-bond donors (Lipinski definition) is 2. The van der Waals surface area contributed by atoms with Crippen molar-refractivity contribution in [3.8, 4) is 0 Å². The highest BCUT2D eigenvalue weighted by Crippen LogP contribution is 2.15. The van der Waals surface area contributed by atoms with E-state index in [1.165, 1.54) is 18.6 Å². The normalized spacial score (nSPS) is 11.0. The zero-order valence-electron chi connectivity index (χ0n) is 10.4. The number of carbonyl (C=O) groups is 1. The van der Waals surface area contributed by atoms with Crippen LogP contribution in [0.4, 0.5) is 0 Å². The summed E-state index contributed by atoms with van der Waals surface area (Å²) in [5.41, 5.74) is 4.57. The standard InChI is InChI=1S/C14H11N5O/c20-14(13-9-15-5-6-16-13)19-18-8-10-7-17-12-4-2-1-3-11(10)12/h1-9,17H,(H,19,20)/b18-8-. The molecular formula is C14H11N5O. The van der Waals surface area contributed by atoms with E-state index in [1.54, 1.807) is 6.21 Å². The van der Waals surface area contributed by atoms with Gasteiger partial charge in [0.15, 0.2) is 0 Å². The van der Waals surface area contributed by atoms with Crippen molar-refractivity contribution in [1.82, 2.24) is 20.4 Å². The number of amides is 1. The van der Waals surface area contributed by atoms with Gasteiger partial charge in [-0.1, -0.05) is 18.2 Å². The number of benzene rings is 1. The van der Waals surface area contributed by atoms with E-state index in [1.807, 2.05) is 30.5 Å². The molecule has 0 radical (unpaired) electrons. The lowest BCUT2D eigenvalue weighted by molar-refractivity contribution is 0.0949. The molecule has 0 fully saturated rings. The largest absolute Gasteiger partial charge is 0.361 e. The number of carbonyl (C=O) groups excluding carboxylic acids is 1. The van der Waals surface area contributed by atoms with Gasteiger partial charge in [-0.3, -0.25) is 9.78 Å². The fourth-order valence-corrected chi connectivity index (χ4v) is 1.83. The Hall–Kier alpha value is -3.02. The number of nitrogens with one attached hydrogen (secondary N) is 2. The Morgan fingerprint density at radius 3 is 3.05 bits per heavy atom. The molecule has 1 aromatic carbocycles. The first-order valence-electron chi connectivity index (χ1n) is 6.00. The Labute approximate surface area is 114 Å². The van der Waals surface area contributed by atoms with Crippen LogP contribution in [0.3, 0.4) is 0 Å². The van der Waals surface area contributed by atoms with Crippen LogP contribution < -0.4 is 5.43 Å². The van der Waals surface area contributed by atoms with Gasteiger partial charge in [0.25, 0.3) is 5.91 Å². The monoisotopic (exact) mass is 265 g/mol. The summed E-state index contributed by atoms with van der Waals surface area (Å²) >= 11 is 0. The molecule has 6 heteroatoms. The first-order valence-corrected chi connectivity index (χ1v) is 6.00. The highest BCUT2D eigenvalue weighted by Gasteiger charge is 2.05. The minimum Gasteiger partial charge on any atom is -0.361 e. The summed E-state index contributed by atoms with van der Waals surface area (Å²) in [6, 6.07) is 7.86. The number of para-hydroxylation sites is 1. The lowest BCUT2D eigenvalue weighted by Gasteiger charge is -1.97. The summed E-state index contributed by atoms with van der Waals surface area (Å²) in [5, 5.41) is 4.97. The molecule has 2 N–H and O–H groups in total. The molecule has 0 saturated carbocycles. The number of rotatable bonds is 3. The molecule has 0 aliphatic rings. The van der Waals surface area contributed by atoms with Crippen molar-refractivity contribution in [2.24, 2.45) is 5.10 Å². The molecule has 0 bridgehead atoms. The molecule has 3 rings (SSSR count). The summed E-state index contributed by atoms with van der Waals surface area (Å²) < 4.78 is 0. The predicted molar refractivity (Wildman–Crippen MR) is 75.4 cm³/mol. The SMILES string of the molecule is O=C(N/N=C\c1c[nH]c2ccccc12)c1cnccn1. The molecule has 1 amide bonds. The fraction of sp³-hybridized carbons (Fsp3) is 0. The van der Waals surface area contributed by atoms with Crippen LogP contribution >= 0.6 is 0 Å². The average molecular weight is 265 g/mol. The minimum absolute atomic E-state index is 0.226. The van der Waals surface area contributed by atoms with Gasteiger partial charge in [-0.25, -0.2) is 10.4 Å². The van der Waals surface area contributed by atoms with E-state index in [9.17, 15) is 4.79 Å². The van der Waals surface area contributed by atoms with E-state index in [4.69, 9.17) is 0 Å². The van der Waals surface area contributed by atoms with E-state index < -0.39 is 5.91 Å². The van der Waals surface area contributed by atoms with E-state index in [-0.39, 0.29) is 5.69 Å². The number of hydrogen-bond acceptors (Lipinski definition) is 4. The first-order chi connectivity index (χ1) is 9.84. The molecule has 2 heterocycles. The Bertz CT molecular complexity index is 763. The van der Waals surface area contributed by atoms with Gasteiger partial charge in [-0.15, -0.1) is 0 Å². The predicted octanol–water partition coefficient (Wildman–Crippen LogP) is 1.72. The summed E-state index contributed by atoms with van der Waals surface area (Å²) in [4.78, 5) is 22.5. The highest BCUT2D eigenvalue weighted by molar-refractivity contribution is 5.99. The highest BCUT2D eigenvalue weighted by atomic mass is 16.2. The maximum Gasteiger partial charge on any atom is 0.291 e. The summed E-state index contributed by atoms with van der Waals surface area (Å²) in [5.74, 6) is -0.394. The van der Waals surface area contributed by atoms with Gasteiger partial charge in [0, 0.05) is 35.1 Å². The van der Waals surface area contributed by atoms with E-state index >= 15 is 0 Å². The average Bonchev–Trinajstić information content (AvgIpc) is 2.92. The zero-order valence-corrected chi connectivity index (χ0v) is 10.4. The second-order valence-electron chi connectivity index (χ2n) is 4.08. The van der Waals surface area contributed by atoms with Crippen LogP contribution in [0.1, 0.15) is 16.1 Å². The molecular weight excluding hydrogens is 254 g/mol. The van der Waals surface area contributed by atoms with Crippen LogP contribution in [0, 0.1) is 0 Å². The quantitative estimate of drug-likeness (QED) is 0.558. The molecule has 6 nitrogen and oxygen atoms in total. The first kappa shape index (κ1) is 12.0. The van der Waals surface area contributed by atoms with Crippen LogP contribution in [0.15, 0.2) is 54.2 Å². The number of nitrogens with zero attached hydrogens (tertiary/aromatic N) is 3. The maximum atomic E-state index is 11.7. The van der Waals surface area contributed by atoms with Crippen molar-refractivity contribution in [2.75, 3.05) is 0 Å². The van der Waals surface area contributed by atoms with Crippen LogP contribution in [0.2, 0.25) is 0 Å². The Kier molecular flexibility index (Phi) is 3.20. The van der Waals surface area contributed by atoms with Crippen LogP contribution in [-0.4, -0.2) is 27.1 Å². The third-order valence-electron chi connectivity index (χ3n) is 2.79. The summed E-state index contributed by atoms with van der Waals surface area (Å²) in [6.07, 6.45) is 7.77. The molecule has 2 aromatic heterocycles. The Morgan fingerprint density at radius 1 is 1.30 bits per heavy atom. The van der Waals surface area contributed by atoms with Gasteiger partial charge < -0.3 is 4.98 Å². The molecule has 0 aliphatic carbocycles. The summed E-state index contributed by atoms with van der Waals surface area (Å²) in [6.45, 7) is 0. The number of H-pyrrole nitrogens is 1. The molecule has 3 aromatic rings. The van der Waals surface area contributed by atoms with Gasteiger partial charge in [-0.2, -0.15) is 5.10 Å². The van der Waals surface area contributed by atoms with E-state index in [0.717, 1.165) is 16.5 Å². The molecule has 0 atom stereocenters. The van der Waals surface area contributed by atoms with Crippen molar-refractivity contribution in [2.45, 2.75) is 0 Å². The van der Waals surface area contributed by atoms with Crippen molar-refractivity contribution >= 4 is 23.0 Å². The van der Waals surface area contributed by atoms with Gasteiger partial charge in [0.1, 0.15) is 5.69 Å². The van der Waals surface area contributed by atoms with Crippen molar-refractivity contribution in [1.29, 1.82) is 0 Å². The van der Waals surface area contributed by atoms with Crippen molar-refractivity contribution in [3.63, 3.8) is 0 Å². The smallest absolute Gasteiger partial charge is 0.291 e. The lowest BCUT2D eigenvalue weighted by atomic mass is 10.2. The molecule has 98 valence electrons. The molecule has 0 unspecified atom stereocenters. The molecule has 0 saturated heterocycles. The number of aromatic amines is 1. The second kappa shape index (κ2) is 5.31. The summed E-state index contributed by atoms with van der Waals surface area (Å²) in [7, 11) is 0. The number of aromatic nitrogens is 3. The minimum atomic E-state index is -0.394. The molecule has 0 spiro atoms. The fourth-order valence-electron chi connectivity index (χ4n) is 1.83. The second-order valence-corrected chi connectivity index (χ2v) is 4.08. The van der Waals surface area contributed by atoms with E-state index in [0.29, 0.717) is 0 Å². The van der Waals surface area contributed by atoms with Gasteiger partial charge >= 0.3 is 0 Å². The van der Waals surface area contributed by atoms with Crippen molar-refractivity contribution in [3.05, 3.63) is 60.3 Å². The van der Waals surface area contributed by atoms with Crippen molar-refractivity contribution < 1.29 is 4.79 Å². The van der Waals surface area contributed by atoms with Crippen LogP contribution in [0.25, 0.3) is 10.9 Å². The maximum absolute atomic E-state index is 11.7. The number of hydrazone groups is 1. The van der Waals surface area contributed by atoms with Crippen LogP contribution in [-0.2, 0) is 0 Å². The van der Waals surface area contributed by atoms with Gasteiger partial charge in [0.05, 0.1) is 12.4 Å². The molecule has 0 aliphatic heterocycles. The molecule has 20 heavy (non-hydrogen) atoms. The van der Waals surface area contributed by atoms with Gasteiger partial charge in [0.2, 0.25) is 0 Å². The Balaban J connectivity index is 1.74. The lowest BCUT2D eigenvalue weighted by Crippen LogP contribution is -2.19. The zero-order chi connectivity index (χ0) is 13.8. The van der Waals surface area contributed by atoms with E-state index in [2.05, 4.69) is 25.5 Å². The third kappa shape index (κ3) is 2.39. The topological polar surface area (TPSA) is 83.0 Å². The van der Waals surface area contributed by atoms with Gasteiger partial charge in [-0.05, 0) is 6.07 Å². The Morgan fingerprint density at radius 2 is 2.20 bits per heavy atom. The number of fused-ring (bicyclic) bond motifs is 1. The third-order valence-corrected chi connectivity index (χ3v) is 2.79. The van der Waals surface area contributed by atoms with Crippen LogP contribution in [0.5, 0.6) is 0 Å².